The Hall–Kier alpha value is -2.01. The molecule has 0 aromatic carbocycles. The van der Waals surface area contributed by atoms with E-state index in [2.05, 4.69) is 22.2 Å². The van der Waals surface area contributed by atoms with Gasteiger partial charge in [-0.1, -0.05) is 12.1 Å². The summed E-state index contributed by atoms with van der Waals surface area (Å²) in [5, 5.41) is 0. The Morgan fingerprint density at radius 2 is 2.06 bits per heavy atom. The molecule has 82 valence electrons. The monoisotopic (exact) mass is 234 g/mol. The lowest BCUT2D eigenvalue weighted by molar-refractivity contribution is 0.560. The highest BCUT2D eigenvalue weighted by Gasteiger charge is 1.84. The van der Waals surface area contributed by atoms with Crippen LogP contribution in [0.4, 0.5) is 0 Å². The van der Waals surface area contributed by atoms with Crippen molar-refractivity contribution >= 4 is 17.8 Å². The zero-order valence-electron chi connectivity index (χ0n) is 8.37. The first kappa shape index (κ1) is 12.1. The van der Waals surface area contributed by atoms with Gasteiger partial charge in [-0.05, 0) is 24.4 Å². The van der Waals surface area contributed by atoms with Gasteiger partial charge in [0.2, 0.25) is 11.4 Å². The molecule has 2 aromatic rings. The normalized spacial score (nSPS) is 8.50. The zero-order valence-corrected chi connectivity index (χ0v) is 9.18. The van der Waals surface area contributed by atoms with Crippen molar-refractivity contribution in [3.63, 3.8) is 0 Å². The van der Waals surface area contributed by atoms with Crippen LogP contribution in [0, 0.1) is 0 Å². The SMILES string of the molecule is O=c1cccc[nH]1.S=COc1ccccn1. The molecule has 2 heterocycles. The van der Waals surface area contributed by atoms with Crippen LogP contribution in [0.5, 0.6) is 5.88 Å². The van der Waals surface area contributed by atoms with Gasteiger partial charge in [0.05, 0.1) is 0 Å². The van der Waals surface area contributed by atoms with Crippen molar-refractivity contribution in [2.24, 2.45) is 0 Å². The topological polar surface area (TPSA) is 55.0 Å². The summed E-state index contributed by atoms with van der Waals surface area (Å²) in [7, 11) is 0. The summed E-state index contributed by atoms with van der Waals surface area (Å²) in [6.07, 6.45) is 3.25. The molecule has 2 aromatic heterocycles. The van der Waals surface area contributed by atoms with Crippen LogP contribution in [0.15, 0.2) is 53.6 Å². The summed E-state index contributed by atoms with van der Waals surface area (Å²) in [5.41, 5.74) is 1.13. The molecule has 0 spiro atoms. The van der Waals surface area contributed by atoms with E-state index in [1.165, 1.54) is 11.6 Å². The number of hydrogen-bond acceptors (Lipinski definition) is 4. The number of thiocarbonyl (C=S) groups is 1. The maximum absolute atomic E-state index is 10.2. The van der Waals surface area contributed by atoms with Gasteiger partial charge in [-0.2, -0.15) is 0 Å². The highest BCUT2D eigenvalue weighted by molar-refractivity contribution is 7.78. The second-order valence-electron chi connectivity index (χ2n) is 2.61. The van der Waals surface area contributed by atoms with E-state index < -0.39 is 0 Å². The Kier molecular flexibility index (Phi) is 5.51. The van der Waals surface area contributed by atoms with E-state index in [4.69, 9.17) is 4.74 Å². The van der Waals surface area contributed by atoms with Crippen molar-refractivity contribution < 1.29 is 4.74 Å². The van der Waals surface area contributed by atoms with Crippen LogP contribution >= 0.6 is 12.2 Å². The van der Waals surface area contributed by atoms with E-state index in [0.717, 1.165) is 0 Å². The van der Waals surface area contributed by atoms with Crippen LogP contribution in [0.3, 0.4) is 0 Å². The van der Waals surface area contributed by atoms with Crippen molar-refractivity contribution in [1.29, 1.82) is 0 Å². The molecule has 0 atom stereocenters. The molecular formula is C11H10N2O2S. The molecule has 0 fully saturated rings. The molecule has 0 radical (unpaired) electrons. The van der Waals surface area contributed by atoms with Crippen molar-refractivity contribution in [3.8, 4) is 5.88 Å². The Morgan fingerprint density at radius 3 is 2.50 bits per heavy atom. The van der Waals surface area contributed by atoms with Gasteiger partial charge in [-0.3, -0.25) is 4.79 Å². The molecule has 0 aliphatic heterocycles. The number of aromatic nitrogens is 2. The van der Waals surface area contributed by atoms with Crippen molar-refractivity contribution in [2.45, 2.75) is 0 Å². The first-order valence-corrected chi connectivity index (χ1v) is 4.95. The van der Waals surface area contributed by atoms with Gasteiger partial charge in [0.15, 0.2) is 5.55 Å². The molecule has 0 aliphatic carbocycles. The molecule has 1 N–H and O–H groups in total. The second kappa shape index (κ2) is 7.30. The van der Waals surface area contributed by atoms with Crippen molar-refractivity contribution in [3.05, 3.63) is 59.1 Å². The summed E-state index contributed by atoms with van der Waals surface area (Å²) in [5.74, 6) is 0.535. The Balaban J connectivity index is 0.000000165. The van der Waals surface area contributed by atoms with Gasteiger partial charge in [-0.15, -0.1) is 0 Å². The van der Waals surface area contributed by atoms with Crippen LogP contribution in [-0.2, 0) is 0 Å². The predicted molar refractivity (Wildman–Crippen MR) is 65.6 cm³/mol. The maximum atomic E-state index is 10.2. The standard InChI is InChI=1S/C6H5NOS.C5H5NO/c9-5-8-6-3-1-2-4-7-6;7-5-3-1-2-4-6-5/h1-5H;1-4H,(H,6,7). The third kappa shape index (κ3) is 5.02. The molecule has 5 heteroatoms. The Bertz CT molecular complexity index is 453. The average molecular weight is 234 g/mol. The molecule has 0 saturated carbocycles. The van der Waals surface area contributed by atoms with E-state index in [1.54, 1.807) is 30.6 Å². The van der Waals surface area contributed by atoms with Crippen molar-refractivity contribution in [2.75, 3.05) is 0 Å². The number of ether oxygens (including phenoxy) is 1. The van der Waals surface area contributed by atoms with Gasteiger partial charge in [0.25, 0.3) is 0 Å². The van der Waals surface area contributed by atoms with E-state index >= 15 is 0 Å². The minimum absolute atomic E-state index is 0.0532. The molecule has 16 heavy (non-hydrogen) atoms. The second-order valence-corrected chi connectivity index (χ2v) is 2.80. The smallest absolute Gasteiger partial charge is 0.247 e. The first-order valence-electron chi connectivity index (χ1n) is 4.48. The summed E-state index contributed by atoms with van der Waals surface area (Å²) in [4.78, 5) is 16.5. The molecule has 0 aliphatic rings. The summed E-state index contributed by atoms with van der Waals surface area (Å²) >= 11 is 4.45. The molecular weight excluding hydrogens is 224 g/mol. The Labute approximate surface area is 97.9 Å². The first-order chi connectivity index (χ1) is 7.83. The largest absolute Gasteiger partial charge is 0.435 e. The highest BCUT2D eigenvalue weighted by atomic mass is 32.1. The van der Waals surface area contributed by atoms with Gasteiger partial charge in [0.1, 0.15) is 0 Å². The molecule has 0 saturated heterocycles. The number of nitrogens with zero attached hydrogens (tertiary/aromatic N) is 1. The zero-order chi connectivity index (χ0) is 11.6. The number of nitrogens with one attached hydrogen (secondary N) is 1. The number of rotatable bonds is 2. The quantitative estimate of drug-likeness (QED) is 0.805. The minimum Gasteiger partial charge on any atom is -0.435 e. The maximum Gasteiger partial charge on any atom is 0.247 e. The molecule has 0 bridgehead atoms. The third-order valence-corrected chi connectivity index (χ3v) is 1.58. The lowest BCUT2D eigenvalue weighted by Gasteiger charge is -1.92. The predicted octanol–water partition coefficient (Wildman–Crippen LogP) is 1.79. The highest BCUT2D eigenvalue weighted by Crippen LogP contribution is 2.00. The molecule has 0 unspecified atom stereocenters. The summed E-state index contributed by atoms with van der Waals surface area (Å²) in [6, 6.07) is 10.3. The van der Waals surface area contributed by atoms with Crippen LogP contribution in [0.1, 0.15) is 0 Å². The van der Waals surface area contributed by atoms with Gasteiger partial charge >= 0.3 is 0 Å². The van der Waals surface area contributed by atoms with Crippen LogP contribution in [0.25, 0.3) is 0 Å². The average Bonchev–Trinajstić information content (AvgIpc) is 2.33. The van der Waals surface area contributed by atoms with Crippen LogP contribution in [0.2, 0.25) is 0 Å². The fourth-order valence-electron chi connectivity index (χ4n) is 0.843. The third-order valence-electron chi connectivity index (χ3n) is 1.49. The number of H-pyrrole nitrogens is 1. The minimum atomic E-state index is -0.0532. The van der Waals surface area contributed by atoms with E-state index in [9.17, 15) is 4.79 Å². The van der Waals surface area contributed by atoms with Crippen LogP contribution in [-0.4, -0.2) is 15.5 Å². The Morgan fingerprint density at radius 1 is 1.25 bits per heavy atom. The number of aromatic amines is 1. The molecule has 0 amide bonds. The fraction of sp³-hybridized carbons (Fsp3) is 0. The number of hydrogen-bond donors (Lipinski definition) is 1. The van der Waals surface area contributed by atoms with E-state index in [1.807, 2.05) is 12.1 Å². The van der Waals surface area contributed by atoms with Crippen LogP contribution < -0.4 is 10.3 Å². The van der Waals surface area contributed by atoms with Gasteiger partial charge < -0.3 is 9.72 Å². The van der Waals surface area contributed by atoms with E-state index in [-0.39, 0.29) is 5.56 Å². The number of pyridine rings is 2. The van der Waals surface area contributed by atoms with Gasteiger partial charge in [0, 0.05) is 24.5 Å². The van der Waals surface area contributed by atoms with Gasteiger partial charge in [-0.25, -0.2) is 4.98 Å². The van der Waals surface area contributed by atoms with E-state index in [0.29, 0.717) is 5.88 Å². The summed E-state index contributed by atoms with van der Waals surface area (Å²) in [6.45, 7) is 0. The van der Waals surface area contributed by atoms with Crippen molar-refractivity contribution in [1.82, 2.24) is 9.97 Å². The molecule has 2 rings (SSSR count). The summed E-state index contributed by atoms with van der Waals surface area (Å²) < 4.78 is 4.78. The molecule has 4 nitrogen and oxygen atoms in total. The lowest BCUT2D eigenvalue weighted by atomic mass is 10.5. The fourth-order valence-corrected chi connectivity index (χ4v) is 0.942. The lowest BCUT2D eigenvalue weighted by Crippen LogP contribution is -1.98.